The van der Waals surface area contributed by atoms with Crippen molar-refractivity contribution in [1.29, 1.82) is 0 Å². The Morgan fingerprint density at radius 3 is 2.48 bits per heavy atom. The van der Waals surface area contributed by atoms with Crippen molar-refractivity contribution in [3.8, 4) is 5.75 Å². The van der Waals surface area contributed by atoms with Crippen molar-refractivity contribution < 1.29 is 28.2 Å². The number of carbonyl (C=O) groups excluding carboxylic acids is 1. The van der Waals surface area contributed by atoms with Gasteiger partial charge < -0.3 is 14.9 Å². The maximum atomic E-state index is 11.9. The van der Waals surface area contributed by atoms with Crippen LogP contribution >= 0.6 is 0 Å². The van der Waals surface area contributed by atoms with Crippen LogP contribution in [0.3, 0.4) is 0 Å². The first-order valence-electron chi connectivity index (χ1n) is 8.23. The molecule has 1 amide bonds. The number of methoxy groups -OCH3 is 1. The molecule has 27 heavy (non-hydrogen) atoms. The summed E-state index contributed by atoms with van der Waals surface area (Å²) in [5.41, 5.74) is 1.36. The number of benzene rings is 2. The van der Waals surface area contributed by atoms with Gasteiger partial charge >= 0.3 is 10.2 Å². The second-order valence-electron chi connectivity index (χ2n) is 6.19. The monoisotopic (exact) mass is 392 g/mol. The molecule has 8 nitrogen and oxygen atoms in total. The lowest BCUT2D eigenvalue weighted by Gasteiger charge is -2.23. The van der Waals surface area contributed by atoms with Gasteiger partial charge in [-0.1, -0.05) is 36.4 Å². The Labute approximate surface area is 157 Å². The highest BCUT2D eigenvalue weighted by molar-refractivity contribution is 7.92. The number of rotatable bonds is 6. The molecule has 0 aromatic heterocycles. The van der Waals surface area contributed by atoms with Crippen molar-refractivity contribution in [3.63, 3.8) is 0 Å². The summed E-state index contributed by atoms with van der Waals surface area (Å²) in [5.74, 6) is -0.944. The molecule has 1 fully saturated rings. The summed E-state index contributed by atoms with van der Waals surface area (Å²) in [6, 6.07) is 13.5. The molecule has 2 aromatic carbocycles. The smallest absolute Gasteiger partial charge is 0.326 e. The number of aliphatic hydroxyl groups excluding tert-OH is 1. The molecule has 0 saturated carbocycles. The Morgan fingerprint density at radius 1 is 1.22 bits per heavy atom. The van der Waals surface area contributed by atoms with Crippen molar-refractivity contribution in [2.24, 2.45) is 0 Å². The minimum Gasteiger partial charge on any atom is -0.506 e. The lowest BCUT2D eigenvalue weighted by atomic mass is 9.98. The van der Waals surface area contributed by atoms with Crippen molar-refractivity contribution in [1.82, 2.24) is 4.72 Å². The van der Waals surface area contributed by atoms with Crippen LogP contribution in [-0.2, 0) is 26.2 Å². The Balaban J connectivity index is 1.80. The number of nitrogens with zero attached hydrogens (tertiary/aromatic N) is 1. The number of hydrogen-bond donors (Lipinski definition) is 3. The van der Waals surface area contributed by atoms with E-state index in [-0.39, 0.29) is 18.0 Å². The summed E-state index contributed by atoms with van der Waals surface area (Å²) >= 11 is 0. The molecule has 2 aromatic rings. The van der Waals surface area contributed by atoms with E-state index < -0.39 is 28.3 Å². The number of hydrogen-bond acceptors (Lipinski definition) is 6. The van der Waals surface area contributed by atoms with E-state index >= 15 is 0 Å². The number of anilines is 1. The fourth-order valence-corrected chi connectivity index (χ4v) is 4.15. The zero-order chi connectivity index (χ0) is 19.6. The van der Waals surface area contributed by atoms with Crippen LogP contribution in [0.1, 0.15) is 17.2 Å². The first-order valence-corrected chi connectivity index (χ1v) is 9.67. The molecule has 1 aliphatic heterocycles. The van der Waals surface area contributed by atoms with Crippen LogP contribution in [0.15, 0.2) is 48.5 Å². The normalized spacial score (nSPS) is 18.1. The largest absolute Gasteiger partial charge is 0.506 e. The zero-order valence-corrected chi connectivity index (χ0v) is 15.4. The van der Waals surface area contributed by atoms with Crippen LogP contribution in [0, 0.1) is 0 Å². The molecule has 0 radical (unpaired) electrons. The standard InChI is InChI=1S/C18H20N2O6S/c1-26-16(18(23)13-5-3-2-4-6-13)10-12-7-8-14(15(21)9-12)20-11-17(22)19-27(20,24)25/h2-9,16,18,21,23H,10-11H2,1H3,(H,19,22). The molecule has 0 aliphatic carbocycles. The summed E-state index contributed by atoms with van der Waals surface area (Å²) < 4.78 is 31.9. The summed E-state index contributed by atoms with van der Waals surface area (Å²) in [5, 5.41) is 20.8. The molecule has 9 heteroatoms. The number of nitrogens with one attached hydrogen (secondary N) is 1. The van der Waals surface area contributed by atoms with Gasteiger partial charge in [-0.2, -0.15) is 8.42 Å². The van der Waals surface area contributed by atoms with E-state index in [1.165, 1.54) is 19.2 Å². The van der Waals surface area contributed by atoms with Gasteiger partial charge in [0.2, 0.25) is 0 Å². The Hall–Kier alpha value is -2.62. The second-order valence-corrected chi connectivity index (χ2v) is 7.79. The molecule has 1 heterocycles. The van der Waals surface area contributed by atoms with E-state index in [2.05, 4.69) is 0 Å². The molecular weight excluding hydrogens is 372 g/mol. The molecule has 144 valence electrons. The summed E-state index contributed by atoms with van der Waals surface area (Å²) in [7, 11) is -2.51. The van der Waals surface area contributed by atoms with Gasteiger partial charge in [-0.05, 0) is 23.3 Å². The van der Waals surface area contributed by atoms with Gasteiger partial charge in [0.05, 0.1) is 11.8 Å². The third kappa shape index (κ3) is 4.05. The molecular formula is C18H20N2O6S. The van der Waals surface area contributed by atoms with Gasteiger partial charge in [-0.25, -0.2) is 9.03 Å². The van der Waals surface area contributed by atoms with Crippen LogP contribution < -0.4 is 9.03 Å². The van der Waals surface area contributed by atoms with Crippen LogP contribution in [0.2, 0.25) is 0 Å². The molecule has 0 bridgehead atoms. The zero-order valence-electron chi connectivity index (χ0n) is 14.6. The van der Waals surface area contributed by atoms with Crippen molar-refractivity contribution in [2.45, 2.75) is 18.6 Å². The van der Waals surface area contributed by atoms with Gasteiger partial charge in [0.15, 0.2) is 0 Å². The molecule has 3 rings (SSSR count). The van der Waals surface area contributed by atoms with E-state index in [0.717, 1.165) is 4.31 Å². The molecule has 0 spiro atoms. The van der Waals surface area contributed by atoms with Gasteiger partial charge in [-0.15, -0.1) is 0 Å². The predicted molar refractivity (Wildman–Crippen MR) is 98.4 cm³/mol. The number of phenols is 1. The lowest BCUT2D eigenvalue weighted by Crippen LogP contribution is -2.29. The van der Waals surface area contributed by atoms with E-state index in [9.17, 15) is 23.4 Å². The van der Waals surface area contributed by atoms with E-state index in [1.807, 2.05) is 22.9 Å². The van der Waals surface area contributed by atoms with Crippen molar-refractivity contribution in [2.75, 3.05) is 18.0 Å². The van der Waals surface area contributed by atoms with Crippen LogP contribution in [-0.4, -0.2) is 44.3 Å². The number of amides is 1. The first-order chi connectivity index (χ1) is 12.8. The molecule has 2 atom stereocenters. The van der Waals surface area contributed by atoms with Crippen LogP contribution in [0.5, 0.6) is 5.75 Å². The number of aliphatic hydroxyl groups is 1. The summed E-state index contributed by atoms with van der Waals surface area (Å²) in [6.45, 7) is -0.386. The van der Waals surface area contributed by atoms with E-state index in [1.54, 1.807) is 18.2 Å². The summed E-state index contributed by atoms with van der Waals surface area (Å²) in [6.07, 6.45) is -1.13. The Bertz CT molecular complexity index is 932. The van der Waals surface area contributed by atoms with Gasteiger partial charge in [-0.3, -0.25) is 4.79 Å². The maximum Gasteiger partial charge on any atom is 0.326 e. The number of phenolic OH excluding ortho intramolecular Hbond substituents is 1. The number of carbonyl (C=O) groups is 1. The lowest BCUT2D eigenvalue weighted by molar-refractivity contribution is -0.117. The van der Waals surface area contributed by atoms with E-state index in [0.29, 0.717) is 17.5 Å². The maximum absolute atomic E-state index is 11.9. The molecule has 1 aliphatic rings. The predicted octanol–water partition coefficient (Wildman–Crippen LogP) is 0.864. The van der Waals surface area contributed by atoms with E-state index in [4.69, 9.17) is 4.74 Å². The van der Waals surface area contributed by atoms with Crippen LogP contribution in [0.4, 0.5) is 5.69 Å². The fraction of sp³-hybridized carbons (Fsp3) is 0.278. The number of aromatic hydroxyl groups is 1. The quantitative estimate of drug-likeness (QED) is 0.672. The van der Waals surface area contributed by atoms with Crippen molar-refractivity contribution >= 4 is 21.8 Å². The number of ether oxygens (including phenoxy) is 1. The first kappa shape index (κ1) is 19.2. The average Bonchev–Trinajstić information content (AvgIpc) is 2.92. The highest BCUT2D eigenvalue weighted by Gasteiger charge is 2.35. The van der Waals surface area contributed by atoms with Gasteiger partial charge in [0.1, 0.15) is 18.4 Å². The highest BCUT2D eigenvalue weighted by Crippen LogP contribution is 2.32. The molecule has 1 saturated heterocycles. The summed E-state index contributed by atoms with van der Waals surface area (Å²) in [4.78, 5) is 11.4. The third-order valence-electron chi connectivity index (χ3n) is 4.36. The highest BCUT2D eigenvalue weighted by atomic mass is 32.2. The van der Waals surface area contributed by atoms with Crippen molar-refractivity contribution in [3.05, 3.63) is 59.7 Å². The molecule has 2 unspecified atom stereocenters. The fourth-order valence-electron chi connectivity index (χ4n) is 2.99. The average molecular weight is 392 g/mol. The topological polar surface area (TPSA) is 116 Å². The second kappa shape index (κ2) is 7.55. The van der Waals surface area contributed by atoms with Gasteiger partial charge in [0.25, 0.3) is 5.91 Å². The Kier molecular flexibility index (Phi) is 5.36. The third-order valence-corrected chi connectivity index (χ3v) is 5.75. The molecule has 3 N–H and O–H groups in total. The van der Waals surface area contributed by atoms with Crippen LogP contribution in [0.25, 0.3) is 0 Å². The Morgan fingerprint density at radius 2 is 1.93 bits per heavy atom. The minimum absolute atomic E-state index is 0.00896. The van der Waals surface area contributed by atoms with Gasteiger partial charge in [0, 0.05) is 13.5 Å². The SMILES string of the molecule is COC(Cc1ccc(N2CC(=O)NS2(=O)=O)c(O)c1)C(O)c1ccccc1. The minimum atomic E-state index is -3.99.